The van der Waals surface area contributed by atoms with Crippen LogP contribution in [-0.4, -0.2) is 37.8 Å². The molecule has 4 rings (SSSR count). The zero-order valence-corrected chi connectivity index (χ0v) is 20.8. The summed E-state index contributed by atoms with van der Waals surface area (Å²) in [5.74, 6) is -1.53. The van der Waals surface area contributed by atoms with E-state index in [1.807, 2.05) is 0 Å². The second-order valence-corrected chi connectivity index (χ2v) is 10.9. The van der Waals surface area contributed by atoms with Crippen LogP contribution >= 0.6 is 11.6 Å². The third kappa shape index (κ3) is 5.67. The second-order valence-electron chi connectivity index (χ2n) is 8.61. The molecule has 1 aliphatic rings. The van der Waals surface area contributed by atoms with Gasteiger partial charge in [0.25, 0.3) is 5.91 Å². The van der Waals surface area contributed by atoms with E-state index < -0.39 is 62.0 Å². The summed E-state index contributed by atoms with van der Waals surface area (Å²) < 4.78 is 106. The minimum Gasteiger partial charge on any atom is -0.347 e. The van der Waals surface area contributed by atoms with Crippen LogP contribution < -0.4 is 5.32 Å². The molecule has 0 bridgehead atoms. The van der Waals surface area contributed by atoms with Crippen molar-refractivity contribution in [2.45, 2.75) is 29.2 Å². The van der Waals surface area contributed by atoms with Crippen molar-refractivity contribution in [2.24, 2.45) is 0 Å². The fourth-order valence-corrected chi connectivity index (χ4v) is 6.10. The molecule has 0 aliphatic carbocycles. The fourth-order valence-electron chi connectivity index (χ4n) is 4.29. The first-order valence-corrected chi connectivity index (χ1v) is 12.9. The Morgan fingerprint density at radius 1 is 0.842 bits per heavy atom. The van der Waals surface area contributed by atoms with E-state index in [1.165, 1.54) is 0 Å². The van der Waals surface area contributed by atoms with E-state index in [0.29, 0.717) is 17.7 Å². The smallest absolute Gasteiger partial charge is 0.347 e. The molecule has 0 saturated carbocycles. The first-order valence-electron chi connectivity index (χ1n) is 11.1. The molecule has 3 aromatic rings. The Labute approximate surface area is 219 Å². The van der Waals surface area contributed by atoms with Crippen molar-refractivity contribution in [3.05, 3.63) is 100 Å². The van der Waals surface area contributed by atoms with Crippen LogP contribution in [0.2, 0.25) is 5.02 Å². The Morgan fingerprint density at radius 3 is 2.05 bits per heavy atom. The summed E-state index contributed by atoms with van der Waals surface area (Å²) in [5.41, 5.74) is -1.98. The molecule has 2 atom stereocenters. The lowest BCUT2D eigenvalue weighted by Crippen LogP contribution is -2.40. The Morgan fingerprint density at radius 2 is 1.47 bits per heavy atom. The van der Waals surface area contributed by atoms with Gasteiger partial charge in [0.2, 0.25) is 10.0 Å². The number of benzene rings is 3. The average Bonchev–Trinajstić information content (AvgIpc) is 3.28. The van der Waals surface area contributed by atoms with Crippen LogP contribution in [0.3, 0.4) is 0 Å². The van der Waals surface area contributed by atoms with Crippen molar-refractivity contribution in [1.29, 1.82) is 0 Å². The van der Waals surface area contributed by atoms with Crippen LogP contribution in [0.15, 0.2) is 77.7 Å². The molecule has 0 aromatic heterocycles. The number of carbonyl (C=O) groups is 1. The van der Waals surface area contributed by atoms with E-state index in [-0.39, 0.29) is 18.0 Å². The SMILES string of the molecule is O=C(NC1CN(S(=O)(=O)c2ccc(C(F)(F)F)cc2)CC1c1ccccc1)c1cccc(C(F)(F)F)c1Cl. The van der Waals surface area contributed by atoms with Crippen LogP contribution in [0.25, 0.3) is 0 Å². The van der Waals surface area contributed by atoms with Gasteiger partial charge in [-0.05, 0) is 42.0 Å². The summed E-state index contributed by atoms with van der Waals surface area (Å²) in [6.07, 6.45) is -9.44. The predicted molar refractivity (Wildman–Crippen MR) is 127 cm³/mol. The van der Waals surface area contributed by atoms with Crippen molar-refractivity contribution in [3.63, 3.8) is 0 Å². The largest absolute Gasteiger partial charge is 0.417 e. The van der Waals surface area contributed by atoms with Crippen molar-refractivity contribution in [3.8, 4) is 0 Å². The van der Waals surface area contributed by atoms with Gasteiger partial charge in [-0.3, -0.25) is 4.79 Å². The maximum Gasteiger partial charge on any atom is 0.417 e. The molecule has 13 heteroatoms. The van der Waals surface area contributed by atoms with Gasteiger partial charge in [0.1, 0.15) is 0 Å². The zero-order valence-electron chi connectivity index (χ0n) is 19.2. The van der Waals surface area contributed by atoms with E-state index in [9.17, 15) is 39.6 Å². The standard InChI is InChI=1S/C25H19ClF6N2O3S/c26-22-18(7-4-8-20(22)25(30,31)32)23(35)33-21-14-34(13-19(21)15-5-2-1-3-6-15)38(36,37)17-11-9-16(10-12-17)24(27,28)29/h1-12,19,21H,13-14H2,(H,33,35). The fraction of sp³-hybridized carbons (Fsp3) is 0.240. The lowest BCUT2D eigenvalue weighted by molar-refractivity contribution is -0.138. The highest BCUT2D eigenvalue weighted by atomic mass is 35.5. The number of amides is 1. The second kappa shape index (κ2) is 10.2. The van der Waals surface area contributed by atoms with Gasteiger partial charge in [-0.15, -0.1) is 0 Å². The molecule has 0 radical (unpaired) electrons. The van der Waals surface area contributed by atoms with Gasteiger partial charge in [0.15, 0.2) is 0 Å². The van der Waals surface area contributed by atoms with Crippen molar-refractivity contribution in [1.82, 2.24) is 9.62 Å². The number of sulfonamides is 1. The number of hydrogen-bond acceptors (Lipinski definition) is 3. The molecule has 1 aliphatic heterocycles. The monoisotopic (exact) mass is 576 g/mol. The van der Waals surface area contributed by atoms with Gasteiger partial charge in [-0.25, -0.2) is 8.42 Å². The maximum atomic E-state index is 13.3. The lowest BCUT2D eigenvalue weighted by atomic mass is 9.94. The predicted octanol–water partition coefficient (Wildman–Crippen LogP) is 5.96. The van der Waals surface area contributed by atoms with Crippen molar-refractivity contribution >= 4 is 27.5 Å². The third-order valence-corrected chi connectivity index (χ3v) is 8.45. The molecule has 0 spiro atoms. The number of alkyl halides is 6. The van der Waals surface area contributed by atoms with E-state index in [2.05, 4.69) is 5.32 Å². The third-order valence-electron chi connectivity index (χ3n) is 6.20. The first kappa shape index (κ1) is 27.9. The topological polar surface area (TPSA) is 66.5 Å². The Balaban J connectivity index is 1.64. The minimum atomic E-state index is -4.79. The zero-order chi connectivity index (χ0) is 27.9. The van der Waals surface area contributed by atoms with Gasteiger partial charge in [-0.1, -0.05) is 48.0 Å². The molecule has 1 heterocycles. The highest BCUT2D eigenvalue weighted by Crippen LogP contribution is 2.37. The Kier molecular flexibility index (Phi) is 7.52. The van der Waals surface area contributed by atoms with Crippen molar-refractivity contribution < 1.29 is 39.6 Å². The van der Waals surface area contributed by atoms with Gasteiger partial charge in [-0.2, -0.15) is 30.6 Å². The molecular formula is C25H19ClF6N2O3S. The van der Waals surface area contributed by atoms with Crippen LogP contribution in [0.1, 0.15) is 33.0 Å². The minimum absolute atomic E-state index is 0.130. The normalized spacial score (nSPS) is 18.9. The Hall–Kier alpha value is -3.09. The van der Waals surface area contributed by atoms with Crippen LogP contribution in [0.5, 0.6) is 0 Å². The summed E-state index contributed by atoms with van der Waals surface area (Å²) in [5, 5.41) is 1.81. The number of hydrogen-bond donors (Lipinski definition) is 1. The quantitative estimate of drug-likeness (QED) is 0.381. The van der Waals surface area contributed by atoms with Gasteiger partial charge >= 0.3 is 12.4 Å². The van der Waals surface area contributed by atoms with Crippen LogP contribution in [-0.2, 0) is 22.4 Å². The highest BCUT2D eigenvalue weighted by molar-refractivity contribution is 7.89. The Bertz CT molecular complexity index is 1430. The van der Waals surface area contributed by atoms with E-state index >= 15 is 0 Å². The van der Waals surface area contributed by atoms with Crippen LogP contribution in [0, 0.1) is 0 Å². The summed E-state index contributed by atoms with van der Waals surface area (Å²) in [4.78, 5) is 12.6. The number of halogens is 7. The van der Waals surface area contributed by atoms with E-state index in [0.717, 1.165) is 34.6 Å². The average molecular weight is 577 g/mol. The number of nitrogens with zero attached hydrogens (tertiary/aromatic N) is 1. The van der Waals surface area contributed by atoms with E-state index in [1.54, 1.807) is 30.3 Å². The molecule has 1 saturated heterocycles. The van der Waals surface area contributed by atoms with Crippen molar-refractivity contribution in [2.75, 3.05) is 13.1 Å². The van der Waals surface area contributed by atoms with Gasteiger partial charge < -0.3 is 5.32 Å². The summed E-state index contributed by atoms with van der Waals surface area (Å²) >= 11 is 5.89. The molecule has 3 aromatic carbocycles. The van der Waals surface area contributed by atoms with Gasteiger partial charge in [0.05, 0.1) is 32.7 Å². The molecule has 202 valence electrons. The van der Waals surface area contributed by atoms with E-state index in [4.69, 9.17) is 11.6 Å². The molecule has 1 amide bonds. The van der Waals surface area contributed by atoms with Crippen LogP contribution in [0.4, 0.5) is 26.3 Å². The first-order chi connectivity index (χ1) is 17.7. The lowest BCUT2D eigenvalue weighted by Gasteiger charge is -2.21. The number of nitrogens with one attached hydrogen (secondary N) is 1. The molecule has 1 fully saturated rings. The summed E-state index contributed by atoms with van der Waals surface area (Å²) in [6, 6.07) is 13.6. The number of rotatable bonds is 5. The maximum absolute atomic E-state index is 13.3. The molecule has 1 N–H and O–H groups in total. The number of carbonyl (C=O) groups excluding carboxylic acids is 1. The molecule has 5 nitrogen and oxygen atoms in total. The summed E-state index contributed by atoms with van der Waals surface area (Å²) in [6.45, 7) is -0.403. The van der Waals surface area contributed by atoms with Gasteiger partial charge in [0, 0.05) is 19.0 Å². The summed E-state index contributed by atoms with van der Waals surface area (Å²) in [7, 11) is -4.27. The molecular weight excluding hydrogens is 558 g/mol. The highest BCUT2D eigenvalue weighted by Gasteiger charge is 2.42. The molecule has 2 unspecified atom stereocenters. The molecule has 38 heavy (non-hydrogen) atoms.